The van der Waals surface area contributed by atoms with Crippen LogP contribution in [-0.2, 0) is 4.79 Å². The molecule has 0 fully saturated rings. The monoisotopic (exact) mass is 253 g/mol. The van der Waals surface area contributed by atoms with Gasteiger partial charge in [0.25, 0.3) is 0 Å². The van der Waals surface area contributed by atoms with E-state index in [1.54, 1.807) is 17.0 Å². The number of rotatable bonds is 6. The summed E-state index contributed by atoms with van der Waals surface area (Å²) in [5.41, 5.74) is 0.928. The van der Waals surface area contributed by atoms with Gasteiger partial charge < -0.3 is 5.11 Å². The normalized spacial score (nSPS) is 12.4. The van der Waals surface area contributed by atoms with E-state index in [1.165, 1.54) is 0 Å². The second kappa shape index (κ2) is 6.42. The third-order valence-corrected chi connectivity index (χ3v) is 2.95. The Morgan fingerprint density at radius 1 is 1.59 bits per heavy atom. The molecule has 0 saturated heterocycles. The molecular formula is C13H16ClNO2. The second-order valence-corrected chi connectivity index (χ2v) is 4.22. The maximum atomic E-state index is 10.8. The lowest BCUT2D eigenvalue weighted by atomic mass is 10.1. The average Bonchev–Trinajstić information content (AvgIpc) is 2.28. The number of hydrogen-bond donors (Lipinski definition) is 1. The van der Waals surface area contributed by atoms with Crippen LogP contribution in [0.4, 0.5) is 0 Å². The number of carboxylic acid groups (broad SMARTS) is 1. The van der Waals surface area contributed by atoms with Gasteiger partial charge in [0.05, 0.1) is 6.54 Å². The fourth-order valence-electron chi connectivity index (χ4n) is 1.71. The lowest BCUT2D eigenvalue weighted by Crippen LogP contribution is -2.32. The molecule has 1 N–H and O–H groups in total. The van der Waals surface area contributed by atoms with Gasteiger partial charge >= 0.3 is 5.97 Å². The predicted molar refractivity (Wildman–Crippen MR) is 69.3 cm³/mol. The van der Waals surface area contributed by atoms with Gasteiger partial charge in [-0.15, -0.1) is 6.58 Å². The first-order valence-corrected chi connectivity index (χ1v) is 5.75. The van der Waals surface area contributed by atoms with Crippen LogP contribution < -0.4 is 0 Å². The van der Waals surface area contributed by atoms with Gasteiger partial charge in [0.1, 0.15) is 0 Å². The summed E-state index contributed by atoms with van der Waals surface area (Å²) in [6, 6.07) is 7.40. The van der Waals surface area contributed by atoms with E-state index in [9.17, 15) is 4.79 Å². The number of benzene rings is 1. The maximum absolute atomic E-state index is 10.8. The number of halogens is 1. The van der Waals surface area contributed by atoms with Crippen LogP contribution >= 0.6 is 11.6 Å². The Balaban J connectivity index is 2.90. The molecule has 92 valence electrons. The highest BCUT2D eigenvalue weighted by atomic mass is 35.5. The number of nitrogens with zero attached hydrogens (tertiary/aromatic N) is 1. The van der Waals surface area contributed by atoms with E-state index in [2.05, 4.69) is 6.58 Å². The fourth-order valence-corrected chi connectivity index (χ4v) is 2.00. The molecule has 4 heteroatoms. The molecule has 0 aliphatic carbocycles. The third kappa shape index (κ3) is 3.88. The number of hydrogen-bond acceptors (Lipinski definition) is 2. The molecule has 17 heavy (non-hydrogen) atoms. The van der Waals surface area contributed by atoms with Crippen LogP contribution in [0.1, 0.15) is 18.5 Å². The average molecular weight is 254 g/mol. The van der Waals surface area contributed by atoms with E-state index in [0.29, 0.717) is 11.6 Å². The lowest BCUT2D eigenvalue weighted by molar-refractivity contribution is -0.138. The van der Waals surface area contributed by atoms with Crippen molar-refractivity contribution >= 4 is 17.6 Å². The minimum absolute atomic E-state index is 0.0294. The van der Waals surface area contributed by atoms with Gasteiger partial charge in [0.2, 0.25) is 0 Å². The molecule has 1 atom stereocenters. The quantitative estimate of drug-likeness (QED) is 0.793. The zero-order valence-electron chi connectivity index (χ0n) is 9.77. The molecule has 0 bridgehead atoms. The van der Waals surface area contributed by atoms with Gasteiger partial charge in [0.15, 0.2) is 0 Å². The lowest BCUT2D eigenvalue weighted by Gasteiger charge is -2.27. The van der Waals surface area contributed by atoms with Crippen molar-refractivity contribution in [3.8, 4) is 0 Å². The molecular weight excluding hydrogens is 238 g/mol. The SMILES string of the molecule is C=CCN(CC(=O)O)C(C)c1ccccc1Cl. The second-order valence-electron chi connectivity index (χ2n) is 3.81. The number of carboxylic acids is 1. The standard InChI is InChI=1S/C13H16ClNO2/c1-3-8-15(9-13(16)17)10(2)11-6-4-5-7-12(11)14/h3-7,10H,1,8-9H2,2H3,(H,16,17). The molecule has 0 heterocycles. The summed E-state index contributed by atoms with van der Waals surface area (Å²) in [5.74, 6) is -0.856. The van der Waals surface area contributed by atoms with Crippen molar-refractivity contribution < 1.29 is 9.90 Å². The van der Waals surface area contributed by atoms with Crippen LogP contribution in [0, 0.1) is 0 Å². The van der Waals surface area contributed by atoms with Gasteiger partial charge in [-0.1, -0.05) is 35.9 Å². The molecule has 0 saturated carbocycles. The van der Waals surface area contributed by atoms with Crippen LogP contribution in [0.3, 0.4) is 0 Å². The van der Waals surface area contributed by atoms with E-state index in [4.69, 9.17) is 16.7 Å². The third-order valence-electron chi connectivity index (χ3n) is 2.60. The van der Waals surface area contributed by atoms with Gasteiger partial charge in [-0.05, 0) is 18.6 Å². The molecule has 0 aliphatic heterocycles. The van der Waals surface area contributed by atoms with Crippen molar-refractivity contribution in [2.24, 2.45) is 0 Å². The molecule has 1 aromatic carbocycles. The summed E-state index contributed by atoms with van der Waals surface area (Å²) in [6.07, 6.45) is 1.69. The minimum Gasteiger partial charge on any atom is -0.480 e. The van der Waals surface area contributed by atoms with Crippen LogP contribution in [0.5, 0.6) is 0 Å². The minimum atomic E-state index is -0.856. The highest BCUT2D eigenvalue weighted by molar-refractivity contribution is 6.31. The Morgan fingerprint density at radius 3 is 2.76 bits per heavy atom. The largest absolute Gasteiger partial charge is 0.480 e. The van der Waals surface area contributed by atoms with Crippen LogP contribution in [-0.4, -0.2) is 29.1 Å². The molecule has 0 spiro atoms. The summed E-state index contributed by atoms with van der Waals surface area (Å²) in [6.45, 7) is 6.06. The van der Waals surface area contributed by atoms with Crippen molar-refractivity contribution in [2.45, 2.75) is 13.0 Å². The Morgan fingerprint density at radius 2 is 2.24 bits per heavy atom. The molecule has 0 radical (unpaired) electrons. The maximum Gasteiger partial charge on any atom is 0.317 e. The smallest absolute Gasteiger partial charge is 0.317 e. The van der Waals surface area contributed by atoms with E-state index >= 15 is 0 Å². The molecule has 0 amide bonds. The van der Waals surface area contributed by atoms with E-state index in [-0.39, 0.29) is 12.6 Å². The first kappa shape index (κ1) is 13.7. The summed E-state index contributed by atoms with van der Waals surface area (Å²) in [4.78, 5) is 12.6. The molecule has 0 aromatic heterocycles. The summed E-state index contributed by atoms with van der Waals surface area (Å²) in [5, 5.41) is 9.52. The molecule has 3 nitrogen and oxygen atoms in total. The molecule has 1 unspecified atom stereocenters. The van der Waals surface area contributed by atoms with Crippen LogP contribution in [0.25, 0.3) is 0 Å². The topological polar surface area (TPSA) is 40.5 Å². The number of aliphatic carboxylic acids is 1. The van der Waals surface area contributed by atoms with Crippen molar-refractivity contribution in [1.82, 2.24) is 4.90 Å². The van der Waals surface area contributed by atoms with Crippen LogP contribution in [0.15, 0.2) is 36.9 Å². The highest BCUT2D eigenvalue weighted by Crippen LogP contribution is 2.26. The summed E-state index contributed by atoms with van der Waals surface area (Å²) in [7, 11) is 0. The van der Waals surface area contributed by atoms with Gasteiger partial charge in [-0.2, -0.15) is 0 Å². The predicted octanol–water partition coefficient (Wildman–Crippen LogP) is 2.97. The zero-order valence-corrected chi connectivity index (χ0v) is 10.5. The van der Waals surface area contributed by atoms with Crippen LogP contribution in [0.2, 0.25) is 5.02 Å². The molecule has 0 aliphatic rings. The number of carbonyl (C=O) groups is 1. The Labute approximate surface area is 106 Å². The van der Waals surface area contributed by atoms with Crippen molar-refractivity contribution in [2.75, 3.05) is 13.1 Å². The van der Waals surface area contributed by atoms with E-state index in [0.717, 1.165) is 5.56 Å². The fraction of sp³-hybridized carbons (Fsp3) is 0.308. The molecule has 1 rings (SSSR count). The van der Waals surface area contributed by atoms with E-state index < -0.39 is 5.97 Å². The first-order chi connectivity index (χ1) is 8.06. The Hall–Kier alpha value is -1.32. The van der Waals surface area contributed by atoms with Crippen molar-refractivity contribution in [1.29, 1.82) is 0 Å². The van der Waals surface area contributed by atoms with E-state index in [1.807, 2.05) is 25.1 Å². The van der Waals surface area contributed by atoms with Gasteiger partial charge in [-0.3, -0.25) is 9.69 Å². The zero-order chi connectivity index (χ0) is 12.8. The molecule has 1 aromatic rings. The summed E-state index contributed by atoms with van der Waals surface area (Å²) < 4.78 is 0. The first-order valence-electron chi connectivity index (χ1n) is 5.37. The highest BCUT2D eigenvalue weighted by Gasteiger charge is 2.18. The van der Waals surface area contributed by atoms with Gasteiger partial charge in [-0.25, -0.2) is 0 Å². The van der Waals surface area contributed by atoms with Crippen molar-refractivity contribution in [3.05, 3.63) is 47.5 Å². The summed E-state index contributed by atoms with van der Waals surface area (Å²) >= 11 is 6.10. The Bertz CT molecular complexity index is 406. The van der Waals surface area contributed by atoms with Crippen molar-refractivity contribution in [3.63, 3.8) is 0 Å². The Kier molecular flexibility index (Phi) is 5.19. The van der Waals surface area contributed by atoms with Gasteiger partial charge in [0, 0.05) is 17.6 Å².